The van der Waals surface area contributed by atoms with Crippen LogP contribution in [0.25, 0.3) is 22.7 Å². The van der Waals surface area contributed by atoms with Gasteiger partial charge in [-0.2, -0.15) is 0 Å². The molecule has 0 radical (unpaired) electrons. The average Bonchev–Trinajstić information content (AvgIpc) is 2.82. The summed E-state index contributed by atoms with van der Waals surface area (Å²) in [4.78, 5) is 0. The molecule has 0 aliphatic rings. The lowest BCUT2D eigenvalue weighted by molar-refractivity contribution is 0.922. The Balaban J connectivity index is 2.44. The summed E-state index contributed by atoms with van der Waals surface area (Å²) in [6.45, 7) is 4.70. The van der Waals surface area contributed by atoms with E-state index in [-0.39, 0.29) is 0 Å². The van der Waals surface area contributed by atoms with Gasteiger partial charge in [-0.25, -0.2) is 0 Å². The van der Waals surface area contributed by atoms with Gasteiger partial charge < -0.3 is 10.3 Å². The van der Waals surface area contributed by atoms with Crippen molar-refractivity contribution in [3.05, 3.63) is 71.4 Å². The number of allylic oxidation sites excluding steroid dienone is 1. The molecule has 106 valence electrons. The van der Waals surface area contributed by atoms with E-state index in [9.17, 15) is 0 Å². The minimum absolute atomic E-state index is 0.517. The number of rotatable bonds is 3. The Labute approximate surface area is 125 Å². The van der Waals surface area contributed by atoms with E-state index in [1.54, 1.807) is 0 Å². The standard InChI is InChI=1S/C19H20N2/c1-3-8-15-16-10-5-7-12-18(16)21(19(15)13-20)17-11-6-4-9-14(17)2/h3-12H,13,20H2,1-2H3/b8-3-. The molecule has 3 rings (SSSR count). The quantitative estimate of drug-likeness (QED) is 0.753. The van der Waals surface area contributed by atoms with Crippen molar-refractivity contribution in [2.45, 2.75) is 20.4 Å². The Morgan fingerprint density at radius 2 is 1.76 bits per heavy atom. The monoisotopic (exact) mass is 276 g/mol. The maximum Gasteiger partial charge on any atom is 0.0538 e. The number of aromatic nitrogens is 1. The molecule has 0 bridgehead atoms. The SMILES string of the molecule is C/C=C\c1c(CN)n(-c2ccccc2C)c2ccccc12. The first-order chi connectivity index (χ1) is 10.3. The number of nitrogens with two attached hydrogens (primary N) is 1. The zero-order valence-corrected chi connectivity index (χ0v) is 12.5. The molecule has 0 spiro atoms. The first kappa shape index (κ1) is 13.7. The molecule has 21 heavy (non-hydrogen) atoms. The summed E-state index contributed by atoms with van der Waals surface area (Å²) in [7, 11) is 0. The predicted molar refractivity (Wildman–Crippen MR) is 90.6 cm³/mol. The van der Waals surface area contributed by atoms with Crippen LogP contribution in [0, 0.1) is 6.92 Å². The maximum atomic E-state index is 6.08. The number of nitrogens with zero attached hydrogens (tertiary/aromatic N) is 1. The molecule has 2 aromatic carbocycles. The second kappa shape index (κ2) is 5.58. The second-order valence-corrected chi connectivity index (χ2v) is 5.20. The fourth-order valence-corrected chi connectivity index (χ4v) is 2.96. The van der Waals surface area contributed by atoms with Crippen LogP contribution in [0.1, 0.15) is 23.7 Å². The fraction of sp³-hybridized carbons (Fsp3) is 0.158. The van der Waals surface area contributed by atoms with Crippen LogP contribution < -0.4 is 5.73 Å². The Hall–Kier alpha value is -2.32. The highest BCUT2D eigenvalue weighted by Crippen LogP contribution is 2.31. The van der Waals surface area contributed by atoms with Crippen molar-refractivity contribution in [3.63, 3.8) is 0 Å². The Kier molecular flexibility index (Phi) is 3.63. The molecule has 1 heterocycles. The third kappa shape index (κ3) is 2.18. The van der Waals surface area contributed by atoms with Crippen LogP contribution in [0.2, 0.25) is 0 Å². The number of benzene rings is 2. The van der Waals surface area contributed by atoms with Gasteiger partial charge in [-0.15, -0.1) is 0 Å². The van der Waals surface area contributed by atoms with E-state index in [2.05, 4.69) is 72.2 Å². The molecule has 2 nitrogen and oxygen atoms in total. The van der Waals surface area contributed by atoms with E-state index < -0.39 is 0 Å². The van der Waals surface area contributed by atoms with Crippen LogP contribution in [0.3, 0.4) is 0 Å². The Morgan fingerprint density at radius 3 is 2.48 bits per heavy atom. The van der Waals surface area contributed by atoms with Gasteiger partial charge in [0.2, 0.25) is 0 Å². The normalized spacial score (nSPS) is 11.6. The molecule has 0 saturated heterocycles. The van der Waals surface area contributed by atoms with Gasteiger partial charge in [-0.05, 0) is 31.5 Å². The Bertz CT molecular complexity index is 810. The molecule has 3 aromatic rings. The average molecular weight is 276 g/mol. The molecule has 2 heteroatoms. The van der Waals surface area contributed by atoms with E-state index >= 15 is 0 Å². The van der Waals surface area contributed by atoms with Gasteiger partial charge in [-0.1, -0.05) is 48.6 Å². The largest absolute Gasteiger partial charge is 0.325 e. The maximum absolute atomic E-state index is 6.08. The topological polar surface area (TPSA) is 30.9 Å². The molecular formula is C19H20N2. The van der Waals surface area contributed by atoms with E-state index in [1.807, 2.05) is 6.92 Å². The predicted octanol–water partition coefficient (Wildman–Crippen LogP) is 4.43. The van der Waals surface area contributed by atoms with E-state index in [0.717, 1.165) is 5.69 Å². The van der Waals surface area contributed by atoms with Gasteiger partial charge >= 0.3 is 0 Å². The van der Waals surface area contributed by atoms with Gasteiger partial charge in [0.25, 0.3) is 0 Å². The van der Waals surface area contributed by atoms with E-state index in [1.165, 1.54) is 27.7 Å². The van der Waals surface area contributed by atoms with Crippen LogP contribution in [0.15, 0.2) is 54.6 Å². The zero-order chi connectivity index (χ0) is 14.8. The van der Waals surface area contributed by atoms with E-state index in [0.29, 0.717) is 6.54 Å². The van der Waals surface area contributed by atoms with Crippen molar-refractivity contribution in [2.75, 3.05) is 0 Å². The van der Waals surface area contributed by atoms with Gasteiger partial charge in [0.15, 0.2) is 0 Å². The highest BCUT2D eigenvalue weighted by Gasteiger charge is 2.15. The first-order valence-corrected chi connectivity index (χ1v) is 7.29. The summed E-state index contributed by atoms with van der Waals surface area (Å²) in [5.74, 6) is 0. The number of hydrogen-bond donors (Lipinski definition) is 1. The Morgan fingerprint density at radius 1 is 1.05 bits per heavy atom. The van der Waals surface area contributed by atoms with Crippen molar-refractivity contribution in [1.82, 2.24) is 4.57 Å². The minimum atomic E-state index is 0.517. The van der Waals surface area contributed by atoms with E-state index in [4.69, 9.17) is 5.73 Å². The molecular weight excluding hydrogens is 256 g/mol. The third-order valence-electron chi connectivity index (χ3n) is 3.90. The van der Waals surface area contributed by atoms with Crippen molar-refractivity contribution in [3.8, 4) is 5.69 Å². The highest BCUT2D eigenvalue weighted by molar-refractivity contribution is 5.92. The lowest BCUT2D eigenvalue weighted by atomic mass is 10.1. The summed E-state index contributed by atoms with van der Waals surface area (Å²) in [6, 6.07) is 16.9. The van der Waals surface area contributed by atoms with Gasteiger partial charge in [0.1, 0.15) is 0 Å². The van der Waals surface area contributed by atoms with Crippen LogP contribution in [0.5, 0.6) is 0 Å². The van der Waals surface area contributed by atoms with Crippen molar-refractivity contribution >= 4 is 17.0 Å². The molecule has 0 atom stereocenters. The van der Waals surface area contributed by atoms with Gasteiger partial charge in [-0.3, -0.25) is 0 Å². The number of aryl methyl sites for hydroxylation is 1. The summed E-state index contributed by atoms with van der Waals surface area (Å²) < 4.78 is 2.29. The zero-order valence-electron chi connectivity index (χ0n) is 12.5. The molecule has 2 N–H and O–H groups in total. The molecule has 0 amide bonds. The lowest BCUT2D eigenvalue weighted by Crippen LogP contribution is -2.07. The molecule has 0 aliphatic heterocycles. The van der Waals surface area contributed by atoms with Gasteiger partial charge in [0.05, 0.1) is 5.52 Å². The number of hydrogen-bond acceptors (Lipinski definition) is 1. The number of para-hydroxylation sites is 2. The molecule has 0 fully saturated rings. The van der Waals surface area contributed by atoms with Crippen molar-refractivity contribution in [2.24, 2.45) is 5.73 Å². The van der Waals surface area contributed by atoms with Crippen molar-refractivity contribution < 1.29 is 0 Å². The first-order valence-electron chi connectivity index (χ1n) is 7.29. The summed E-state index contributed by atoms with van der Waals surface area (Å²) >= 11 is 0. The summed E-state index contributed by atoms with van der Waals surface area (Å²) in [5, 5.41) is 1.25. The van der Waals surface area contributed by atoms with Crippen LogP contribution in [0.4, 0.5) is 0 Å². The number of fused-ring (bicyclic) bond motifs is 1. The summed E-state index contributed by atoms with van der Waals surface area (Å²) in [5.41, 5.74) is 12.1. The van der Waals surface area contributed by atoms with Crippen molar-refractivity contribution in [1.29, 1.82) is 0 Å². The minimum Gasteiger partial charge on any atom is -0.325 e. The van der Waals surface area contributed by atoms with Gasteiger partial charge in [0, 0.05) is 28.9 Å². The highest BCUT2D eigenvalue weighted by atomic mass is 15.0. The second-order valence-electron chi connectivity index (χ2n) is 5.20. The molecule has 0 aliphatic carbocycles. The third-order valence-corrected chi connectivity index (χ3v) is 3.90. The molecule has 1 aromatic heterocycles. The lowest BCUT2D eigenvalue weighted by Gasteiger charge is -2.13. The van der Waals surface area contributed by atoms with Crippen LogP contribution >= 0.6 is 0 Å². The summed E-state index contributed by atoms with van der Waals surface area (Å²) in [6.07, 6.45) is 4.22. The molecule has 0 saturated carbocycles. The van der Waals surface area contributed by atoms with Crippen LogP contribution in [-0.4, -0.2) is 4.57 Å². The molecule has 0 unspecified atom stereocenters. The smallest absolute Gasteiger partial charge is 0.0538 e. The fourth-order valence-electron chi connectivity index (χ4n) is 2.96. The van der Waals surface area contributed by atoms with Crippen LogP contribution in [-0.2, 0) is 6.54 Å².